The standard InChI is InChI=1S/C7H11N5S/c8-6(9)12-7(10)11-3-5-1-2-13-4-5/h1-2,4H,3H2,(H6,8,9,10,11,12). The second-order valence-corrected chi connectivity index (χ2v) is 3.12. The average Bonchev–Trinajstić information content (AvgIpc) is 2.51. The van der Waals surface area contributed by atoms with Crippen molar-refractivity contribution in [2.24, 2.45) is 27.2 Å². The Morgan fingerprint density at radius 1 is 1.38 bits per heavy atom. The van der Waals surface area contributed by atoms with Crippen LogP contribution in [0.25, 0.3) is 0 Å². The molecule has 0 bridgehead atoms. The normalized spacial score (nSPS) is 11.2. The molecule has 0 radical (unpaired) electrons. The van der Waals surface area contributed by atoms with Gasteiger partial charge in [0, 0.05) is 0 Å². The topological polar surface area (TPSA) is 103 Å². The molecule has 0 aliphatic carbocycles. The minimum atomic E-state index is -0.0773. The lowest BCUT2D eigenvalue weighted by molar-refractivity contribution is 1.06. The molecule has 1 aromatic heterocycles. The predicted octanol–water partition coefficient (Wildman–Crippen LogP) is -0.164. The summed E-state index contributed by atoms with van der Waals surface area (Å²) in [6, 6.07) is 1.97. The van der Waals surface area contributed by atoms with Gasteiger partial charge < -0.3 is 17.2 Å². The van der Waals surface area contributed by atoms with Crippen LogP contribution >= 0.6 is 11.3 Å². The third-order valence-corrected chi connectivity index (χ3v) is 1.98. The van der Waals surface area contributed by atoms with Crippen LogP contribution in [0.5, 0.6) is 0 Å². The van der Waals surface area contributed by atoms with Crippen molar-refractivity contribution >= 4 is 23.3 Å². The van der Waals surface area contributed by atoms with Crippen LogP contribution < -0.4 is 17.2 Å². The van der Waals surface area contributed by atoms with Crippen LogP contribution in [0, 0.1) is 0 Å². The fraction of sp³-hybridized carbons (Fsp3) is 0.143. The van der Waals surface area contributed by atoms with Crippen LogP contribution in [0.15, 0.2) is 26.8 Å². The Morgan fingerprint density at radius 2 is 2.15 bits per heavy atom. The van der Waals surface area contributed by atoms with Gasteiger partial charge in [0.25, 0.3) is 0 Å². The van der Waals surface area contributed by atoms with Gasteiger partial charge in [-0.2, -0.15) is 16.3 Å². The van der Waals surface area contributed by atoms with Crippen molar-refractivity contribution in [3.8, 4) is 0 Å². The molecule has 1 rings (SSSR count). The number of aliphatic imine (C=N–C) groups is 2. The lowest BCUT2D eigenvalue weighted by Gasteiger charge is -1.93. The van der Waals surface area contributed by atoms with Gasteiger partial charge in [-0.25, -0.2) is 4.99 Å². The summed E-state index contributed by atoms with van der Waals surface area (Å²) in [5.41, 5.74) is 16.7. The molecular weight excluding hydrogens is 186 g/mol. The lowest BCUT2D eigenvalue weighted by Crippen LogP contribution is -2.26. The van der Waals surface area contributed by atoms with E-state index in [1.807, 2.05) is 16.8 Å². The summed E-state index contributed by atoms with van der Waals surface area (Å²) in [7, 11) is 0. The number of guanidine groups is 2. The van der Waals surface area contributed by atoms with E-state index in [4.69, 9.17) is 17.2 Å². The fourth-order valence-corrected chi connectivity index (χ4v) is 1.38. The number of nitrogens with two attached hydrogens (primary N) is 3. The van der Waals surface area contributed by atoms with Gasteiger partial charge in [0.1, 0.15) is 0 Å². The van der Waals surface area contributed by atoms with Gasteiger partial charge in [-0.15, -0.1) is 0 Å². The molecule has 0 atom stereocenters. The highest BCUT2D eigenvalue weighted by molar-refractivity contribution is 7.07. The van der Waals surface area contributed by atoms with Crippen LogP contribution in [-0.2, 0) is 6.54 Å². The van der Waals surface area contributed by atoms with Gasteiger partial charge in [0.05, 0.1) is 6.54 Å². The van der Waals surface area contributed by atoms with Gasteiger partial charge >= 0.3 is 0 Å². The first-order valence-corrected chi connectivity index (χ1v) is 4.53. The van der Waals surface area contributed by atoms with Gasteiger partial charge in [-0.05, 0) is 22.4 Å². The van der Waals surface area contributed by atoms with Crippen LogP contribution in [-0.4, -0.2) is 11.9 Å². The molecule has 0 aliphatic rings. The molecule has 0 amide bonds. The highest BCUT2D eigenvalue weighted by atomic mass is 32.1. The highest BCUT2D eigenvalue weighted by Crippen LogP contribution is 2.06. The molecule has 6 N–H and O–H groups in total. The minimum absolute atomic E-state index is 0.0773. The fourth-order valence-electron chi connectivity index (χ4n) is 0.723. The zero-order valence-electron chi connectivity index (χ0n) is 6.97. The van der Waals surface area contributed by atoms with E-state index in [1.165, 1.54) is 0 Å². The van der Waals surface area contributed by atoms with Crippen LogP contribution in [0.4, 0.5) is 0 Å². The summed E-state index contributed by atoms with van der Waals surface area (Å²) < 4.78 is 0. The Hall–Kier alpha value is -1.56. The number of rotatable bonds is 2. The van der Waals surface area contributed by atoms with Crippen molar-refractivity contribution in [1.82, 2.24) is 0 Å². The SMILES string of the molecule is NC(N)=NC(N)=NCc1ccsc1. The van der Waals surface area contributed by atoms with E-state index in [0.29, 0.717) is 6.54 Å². The van der Waals surface area contributed by atoms with Crippen molar-refractivity contribution in [2.45, 2.75) is 6.54 Å². The van der Waals surface area contributed by atoms with Crippen molar-refractivity contribution in [1.29, 1.82) is 0 Å². The van der Waals surface area contributed by atoms with E-state index >= 15 is 0 Å². The molecule has 13 heavy (non-hydrogen) atoms. The summed E-state index contributed by atoms with van der Waals surface area (Å²) in [6.45, 7) is 0.506. The van der Waals surface area contributed by atoms with Crippen LogP contribution in [0.3, 0.4) is 0 Å². The molecule has 0 unspecified atom stereocenters. The first-order valence-electron chi connectivity index (χ1n) is 3.59. The highest BCUT2D eigenvalue weighted by Gasteiger charge is 1.91. The monoisotopic (exact) mass is 197 g/mol. The maximum Gasteiger partial charge on any atom is 0.218 e. The molecular formula is C7H11N5S. The Morgan fingerprint density at radius 3 is 2.69 bits per heavy atom. The van der Waals surface area contributed by atoms with Gasteiger partial charge in [-0.3, -0.25) is 0 Å². The first kappa shape index (κ1) is 9.53. The third-order valence-electron chi connectivity index (χ3n) is 1.25. The molecule has 0 aromatic carbocycles. The lowest BCUT2D eigenvalue weighted by atomic mass is 10.3. The molecule has 1 heterocycles. The van der Waals surface area contributed by atoms with Gasteiger partial charge in [-0.1, -0.05) is 0 Å². The van der Waals surface area contributed by atoms with Crippen molar-refractivity contribution < 1.29 is 0 Å². The largest absolute Gasteiger partial charge is 0.370 e. The number of hydrogen-bond donors (Lipinski definition) is 3. The number of hydrogen-bond acceptors (Lipinski definition) is 2. The maximum absolute atomic E-state index is 5.40. The van der Waals surface area contributed by atoms with Crippen molar-refractivity contribution in [3.05, 3.63) is 22.4 Å². The average molecular weight is 197 g/mol. The molecule has 6 heteroatoms. The van der Waals surface area contributed by atoms with Crippen molar-refractivity contribution in [2.75, 3.05) is 0 Å². The molecule has 0 fully saturated rings. The number of thiophene rings is 1. The molecule has 0 saturated carbocycles. The Labute approximate surface area is 80.0 Å². The van der Waals surface area contributed by atoms with E-state index in [2.05, 4.69) is 9.98 Å². The summed E-state index contributed by atoms with van der Waals surface area (Å²) in [5.74, 6) is 0.0257. The molecule has 70 valence electrons. The van der Waals surface area contributed by atoms with Gasteiger partial charge in [0.15, 0.2) is 5.96 Å². The summed E-state index contributed by atoms with van der Waals surface area (Å²) in [4.78, 5) is 7.54. The number of nitrogens with zero attached hydrogens (tertiary/aromatic N) is 2. The van der Waals surface area contributed by atoms with E-state index in [-0.39, 0.29) is 11.9 Å². The van der Waals surface area contributed by atoms with Gasteiger partial charge in [0.2, 0.25) is 5.96 Å². The smallest absolute Gasteiger partial charge is 0.218 e. The Bertz CT molecular complexity index is 310. The second kappa shape index (κ2) is 4.46. The van der Waals surface area contributed by atoms with E-state index in [9.17, 15) is 0 Å². The molecule has 0 spiro atoms. The van der Waals surface area contributed by atoms with Crippen LogP contribution in [0.1, 0.15) is 5.56 Å². The molecule has 1 aromatic rings. The third kappa shape index (κ3) is 3.57. The predicted molar refractivity (Wildman–Crippen MR) is 55.5 cm³/mol. The molecule has 5 nitrogen and oxygen atoms in total. The summed E-state index contributed by atoms with van der Waals surface area (Å²) >= 11 is 1.61. The molecule has 0 saturated heterocycles. The summed E-state index contributed by atoms with van der Waals surface area (Å²) in [5, 5.41) is 3.97. The zero-order chi connectivity index (χ0) is 9.68. The summed E-state index contributed by atoms with van der Waals surface area (Å²) in [6.07, 6.45) is 0. The van der Waals surface area contributed by atoms with Crippen LogP contribution in [0.2, 0.25) is 0 Å². The molecule has 0 aliphatic heterocycles. The van der Waals surface area contributed by atoms with E-state index in [0.717, 1.165) is 5.56 Å². The van der Waals surface area contributed by atoms with E-state index < -0.39 is 0 Å². The zero-order valence-corrected chi connectivity index (χ0v) is 7.79. The maximum atomic E-state index is 5.40. The quantitative estimate of drug-likeness (QED) is 0.453. The first-order chi connectivity index (χ1) is 6.18. The second-order valence-electron chi connectivity index (χ2n) is 2.34. The van der Waals surface area contributed by atoms with E-state index in [1.54, 1.807) is 11.3 Å². The Balaban J connectivity index is 2.53. The van der Waals surface area contributed by atoms with Crippen molar-refractivity contribution in [3.63, 3.8) is 0 Å². The Kier molecular flexibility index (Phi) is 3.27. The minimum Gasteiger partial charge on any atom is -0.370 e.